The van der Waals surface area contributed by atoms with E-state index in [2.05, 4.69) is 22.5 Å². The zero-order chi connectivity index (χ0) is 23.1. The third kappa shape index (κ3) is 6.76. The van der Waals surface area contributed by atoms with E-state index in [1.54, 1.807) is 12.1 Å². The van der Waals surface area contributed by atoms with Crippen molar-refractivity contribution in [2.75, 3.05) is 38.0 Å². The molecule has 0 saturated carbocycles. The van der Waals surface area contributed by atoms with Crippen molar-refractivity contribution in [1.29, 1.82) is 0 Å². The fourth-order valence-corrected chi connectivity index (χ4v) is 6.01. The summed E-state index contributed by atoms with van der Waals surface area (Å²) in [5.74, 6) is 0.0703. The van der Waals surface area contributed by atoms with Crippen molar-refractivity contribution in [3.63, 3.8) is 0 Å². The number of piperidine rings is 1. The Bertz CT molecular complexity index is 874. The van der Waals surface area contributed by atoms with Crippen LogP contribution in [0.25, 0.3) is 0 Å². The average molecular weight is 465 g/mol. The number of likely N-dealkylation sites (tertiary alicyclic amines) is 1. The maximum Gasteiger partial charge on any atom is 0.243 e. The molecule has 1 aromatic rings. The van der Waals surface area contributed by atoms with Crippen molar-refractivity contribution in [3.05, 3.63) is 24.3 Å². The number of hydrogen-bond donors (Lipinski definition) is 2. The van der Waals surface area contributed by atoms with Crippen molar-refractivity contribution in [3.8, 4) is 0 Å². The van der Waals surface area contributed by atoms with E-state index in [4.69, 9.17) is 0 Å². The summed E-state index contributed by atoms with van der Waals surface area (Å²) in [6.07, 6.45) is 5.32. The molecule has 2 N–H and O–H groups in total. The SMILES string of the molecule is CC(=O)Nc1ccc(S(=O)(=O)N2CCC(CC(=O)NCC[C@H](C)N3CCCC3)CC2)cc1. The number of carbonyl (C=O) groups is 2. The van der Waals surface area contributed by atoms with Crippen LogP contribution in [0.1, 0.15) is 52.4 Å². The summed E-state index contributed by atoms with van der Waals surface area (Å²) in [4.78, 5) is 26.2. The second-order valence-corrected chi connectivity index (χ2v) is 10.9. The van der Waals surface area contributed by atoms with Crippen molar-refractivity contribution in [1.82, 2.24) is 14.5 Å². The molecule has 0 spiro atoms. The van der Waals surface area contributed by atoms with Crippen LogP contribution in [0.4, 0.5) is 5.69 Å². The molecule has 2 saturated heterocycles. The Hall–Kier alpha value is -1.97. The predicted molar refractivity (Wildman–Crippen MR) is 125 cm³/mol. The maximum atomic E-state index is 12.9. The third-order valence-electron chi connectivity index (χ3n) is 6.51. The highest BCUT2D eigenvalue weighted by molar-refractivity contribution is 7.89. The molecular weight excluding hydrogens is 428 g/mol. The number of nitrogens with zero attached hydrogens (tertiary/aromatic N) is 2. The lowest BCUT2D eigenvalue weighted by Crippen LogP contribution is -2.40. The Morgan fingerprint density at radius 2 is 1.69 bits per heavy atom. The second kappa shape index (κ2) is 11.2. The minimum atomic E-state index is -3.58. The Balaban J connectivity index is 1.40. The van der Waals surface area contributed by atoms with Crippen molar-refractivity contribution in [2.24, 2.45) is 5.92 Å². The van der Waals surface area contributed by atoms with Crippen molar-refractivity contribution < 1.29 is 18.0 Å². The molecule has 32 heavy (non-hydrogen) atoms. The van der Waals surface area contributed by atoms with Crippen LogP contribution in [0.2, 0.25) is 0 Å². The zero-order valence-corrected chi connectivity index (χ0v) is 20.0. The van der Waals surface area contributed by atoms with Gasteiger partial charge >= 0.3 is 0 Å². The molecule has 0 aliphatic carbocycles. The number of hydrogen-bond acceptors (Lipinski definition) is 5. The fraction of sp³-hybridized carbons (Fsp3) is 0.652. The Morgan fingerprint density at radius 1 is 1.06 bits per heavy atom. The van der Waals surface area contributed by atoms with Crippen LogP contribution >= 0.6 is 0 Å². The maximum absolute atomic E-state index is 12.9. The first-order valence-corrected chi connectivity index (χ1v) is 13.1. The van der Waals surface area contributed by atoms with E-state index in [-0.39, 0.29) is 22.6 Å². The largest absolute Gasteiger partial charge is 0.356 e. The Morgan fingerprint density at radius 3 is 2.28 bits per heavy atom. The van der Waals surface area contributed by atoms with Gasteiger partial charge in [-0.05, 0) is 82.3 Å². The van der Waals surface area contributed by atoms with Gasteiger partial charge in [0.1, 0.15) is 0 Å². The molecule has 9 heteroatoms. The molecule has 1 atom stereocenters. The lowest BCUT2D eigenvalue weighted by Gasteiger charge is -2.31. The molecule has 0 bridgehead atoms. The third-order valence-corrected chi connectivity index (χ3v) is 8.42. The van der Waals surface area contributed by atoms with Gasteiger partial charge in [-0.25, -0.2) is 8.42 Å². The quantitative estimate of drug-likeness (QED) is 0.585. The van der Waals surface area contributed by atoms with E-state index >= 15 is 0 Å². The number of carbonyl (C=O) groups excluding carboxylic acids is 2. The number of anilines is 1. The molecule has 2 aliphatic heterocycles. The number of amides is 2. The number of benzene rings is 1. The van der Waals surface area contributed by atoms with Gasteiger partial charge in [0.15, 0.2) is 0 Å². The van der Waals surface area contributed by atoms with Crippen LogP contribution in [0.15, 0.2) is 29.2 Å². The second-order valence-electron chi connectivity index (χ2n) is 8.99. The first-order valence-electron chi connectivity index (χ1n) is 11.6. The normalized spacial score (nSPS) is 19.6. The Kier molecular flexibility index (Phi) is 8.67. The first-order chi connectivity index (χ1) is 15.3. The summed E-state index contributed by atoms with van der Waals surface area (Å²) in [5, 5.41) is 5.68. The van der Waals surface area contributed by atoms with Crippen LogP contribution in [0.3, 0.4) is 0 Å². The monoisotopic (exact) mass is 464 g/mol. The molecule has 2 aliphatic rings. The van der Waals surface area contributed by atoms with Gasteiger partial charge in [0.2, 0.25) is 21.8 Å². The molecule has 1 aromatic carbocycles. The first kappa shape index (κ1) is 24.7. The lowest BCUT2D eigenvalue weighted by atomic mass is 9.94. The summed E-state index contributed by atoms with van der Waals surface area (Å²) in [5.41, 5.74) is 0.566. The van der Waals surface area contributed by atoms with Gasteiger partial charge < -0.3 is 15.5 Å². The standard InChI is InChI=1S/C23H36N4O4S/c1-18(26-13-3-4-14-26)9-12-24-23(29)17-20-10-15-27(16-11-20)32(30,31)22-7-5-21(6-8-22)25-19(2)28/h5-8,18,20H,3-4,9-17H2,1-2H3,(H,24,29)(H,25,28)/t18-/m0/s1. The molecule has 0 unspecified atom stereocenters. The highest BCUT2D eigenvalue weighted by Crippen LogP contribution is 2.26. The van der Waals surface area contributed by atoms with Gasteiger partial charge in [-0.3, -0.25) is 9.59 Å². The summed E-state index contributed by atoms with van der Waals surface area (Å²) >= 11 is 0. The van der Waals surface area contributed by atoms with Crippen molar-refractivity contribution in [2.45, 2.75) is 63.3 Å². The molecule has 2 amide bonds. The highest BCUT2D eigenvalue weighted by Gasteiger charge is 2.30. The van der Waals surface area contributed by atoms with E-state index < -0.39 is 10.0 Å². The lowest BCUT2D eigenvalue weighted by molar-refractivity contribution is -0.122. The van der Waals surface area contributed by atoms with Gasteiger partial charge in [0.05, 0.1) is 4.90 Å². The van der Waals surface area contributed by atoms with Gasteiger partial charge in [0.25, 0.3) is 0 Å². The number of sulfonamides is 1. The Labute approximate surface area is 191 Å². The summed E-state index contributed by atoms with van der Waals surface area (Å²) in [7, 11) is -3.58. The molecular formula is C23H36N4O4S. The van der Waals surface area contributed by atoms with Gasteiger partial charge in [-0.2, -0.15) is 4.31 Å². The molecule has 3 rings (SSSR count). The smallest absolute Gasteiger partial charge is 0.243 e. The van der Waals surface area contributed by atoms with Crippen molar-refractivity contribution >= 4 is 27.5 Å². The van der Waals surface area contributed by atoms with E-state index in [0.717, 1.165) is 19.5 Å². The topological polar surface area (TPSA) is 98.8 Å². The summed E-state index contributed by atoms with van der Waals surface area (Å²) in [6, 6.07) is 6.72. The minimum Gasteiger partial charge on any atom is -0.356 e. The molecule has 178 valence electrons. The number of rotatable bonds is 9. The van der Waals surface area contributed by atoms with E-state index in [0.29, 0.717) is 50.6 Å². The number of nitrogens with one attached hydrogen (secondary N) is 2. The van der Waals surface area contributed by atoms with E-state index in [9.17, 15) is 18.0 Å². The van der Waals surface area contributed by atoms with Crippen LogP contribution < -0.4 is 10.6 Å². The van der Waals surface area contributed by atoms with Gasteiger partial charge in [0, 0.05) is 44.7 Å². The van der Waals surface area contributed by atoms with Gasteiger partial charge in [-0.15, -0.1) is 0 Å². The minimum absolute atomic E-state index is 0.0634. The summed E-state index contributed by atoms with van der Waals surface area (Å²) in [6.45, 7) is 7.48. The van der Waals surface area contributed by atoms with Crippen LogP contribution in [0.5, 0.6) is 0 Å². The van der Waals surface area contributed by atoms with E-state index in [1.165, 1.54) is 36.2 Å². The molecule has 0 radical (unpaired) electrons. The predicted octanol–water partition coefficient (Wildman–Crippen LogP) is 2.43. The molecule has 8 nitrogen and oxygen atoms in total. The molecule has 2 heterocycles. The summed E-state index contributed by atoms with van der Waals surface area (Å²) < 4.78 is 27.3. The average Bonchev–Trinajstić information content (AvgIpc) is 3.29. The molecule has 2 fully saturated rings. The fourth-order valence-electron chi connectivity index (χ4n) is 4.54. The molecule has 0 aromatic heterocycles. The van der Waals surface area contributed by atoms with Crippen LogP contribution in [-0.2, 0) is 19.6 Å². The zero-order valence-electron chi connectivity index (χ0n) is 19.2. The highest BCUT2D eigenvalue weighted by atomic mass is 32.2. The van der Waals surface area contributed by atoms with Crippen LogP contribution in [0, 0.1) is 5.92 Å². The van der Waals surface area contributed by atoms with E-state index in [1.807, 2.05) is 0 Å². The van der Waals surface area contributed by atoms with Crippen LogP contribution in [-0.4, -0.2) is 68.2 Å². The van der Waals surface area contributed by atoms with Gasteiger partial charge in [-0.1, -0.05) is 0 Å².